The highest BCUT2D eigenvalue weighted by molar-refractivity contribution is 5.92. The second-order valence-corrected chi connectivity index (χ2v) is 3.49. The standard InChI is InChI=1S/C12H18O2/c1-2-3-4-7-10-14-12(13)11-8-5-6-9-11/h5,8-9H,2-4,6-7,10H2,1H3. The molecule has 0 unspecified atom stereocenters. The van der Waals surface area contributed by atoms with Crippen molar-refractivity contribution in [2.24, 2.45) is 0 Å². The Morgan fingerprint density at radius 1 is 1.43 bits per heavy atom. The quantitative estimate of drug-likeness (QED) is 0.480. The number of ether oxygens (including phenoxy) is 1. The van der Waals surface area contributed by atoms with Crippen molar-refractivity contribution in [2.45, 2.75) is 39.0 Å². The molecule has 78 valence electrons. The molecule has 0 fully saturated rings. The van der Waals surface area contributed by atoms with Crippen LogP contribution in [0.1, 0.15) is 39.0 Å². The Morgan fingerprint density at radius 3 is 2.93 bits per heavy atom. The number of hydrogen-bond acceptors (Lipinski definition) is 2. The molecule has 0 atom stereocenters. The first kappa shape index (κ1) is 11.0. The largest absolute Gasteiger partial charge is 0.462 e. The number of rotatable bonds is 6. The molecule has 1 aliphatic carbocycles. The molecule has 0 radical (unpaired) electrons. The van der Waals surface area contributed by atoms with Crippen LogP contribution in [0.25, 0.3) is 0 Å². The SMILES string of the molecule is CCCCCCOC(=O)C1=CCC=C1. The Labute approximate surface area is 85.6 Å². The number of hydrogen-bond donors (Lipinski definition) is 0. The molecule has 2 heteroatoms. The van der Waals surface area contributed by atoms with Gasteiger partial charge in [0, 0.05) is 0 Å². The van der Waals surface area contributed by atoms with Gasteiger partial charge in [0.25, 0.3) is 0 Å². The van der Waals surface area contributed by atoms with Crippen molar-refractivity contribution in [3.05, 3.63) is 23.8 Å². The minimum atomic E-state index is -0.171. The van der Waals surface area contributed by atoms with Crippen molar-refractivity contribution in [1.29, 1.82) is 0 Å². The van der Waals surface area contributed by atoms with Crippen LogP contribution in [-0.2, 0) is 9.53 Å². The summed E-state index contributed by atoms with van der Waals surface area (Å²) in [6, 6.07) is 0. The molecule has 0 amide bonds. The van der Waals surface area contributed by atoms with Crippen LogP contribution < -0.4 is 0 Å². The summed E-state index contributed by atoms with van der Waals surface area (Å²) in [4.78, 5) is 11.3. The molecular weight excluding hydrogens is 176 g/mol. The zero-order valence-electron chi connectivity index (χ0n) is 8.79. The summed E-state index contributed by atoms with van der Waals surface area (Å²) < 4.78 is 5.11. The summed E-state index contributed by atoms with van der Waals surface area (Å²) in [5, 5.41) is 0. The fourth-order valence-corrected chi connectivity index (χ4v) is 1.39. The fourth-order valence-electron chi connectivity index (χ4n) is 1.39. The van der Waals surface area contributed by atoms with Crippen LogP contribution >= 0.6 is 0 Å². The van der Waals surface area contributed by atoms with E-state index in [1.165, 1.54) is 12.8 Å². The Bertz CT molecular complexity index is 239. The zero-order chi connectivity index (χ0) is 10.2. The van der Waals surface area contributed by atoms with Gasteiger partial charge in [0.1, 0.15) is 0 Å². The number of unbranched alkanes of at least 4 members (excludes halogenated alkanes) is 3. The summed E-state index contributed by atoms with van der Waals surface area (Å²) in [5.74, 6) is -0.171. The van der Waals surface area contributed by atoms with Gasteiger partial charge in [0.05, 0.1) is 12.2 Å². The van der Waals surface area contributed by atoms with Crippen molar-refractivity contribution in [1.82, 2.24) is 0 Å². The van der Waals surface area contributed by atoms with E-state index in [-0.39, 0.29) is 5.97 Å². The van der Waals surface area contributed by atoms with Gasteiger partial charge in [-0.1, -0.05) is 44.4 Å². The lowest BCUT2D eigenvalue weighted by atomic mass is 10.2. The molecule has 0 heterocycles. The van der Waals surface area contributed by atoms with Gasteiger partial charge in [-0.3, -0.25) is 0 Å². The molecule has 0 aromatic rings. The van der Waals surface area contributed by atoms with Crippen LogP contribution in [0.5, 0.6) is 0 Å². The highest BCUT2D eigenvalue weighted by atomic mass is 16.5. The lowest BCUT2D eigenvalue weighted by Crippen LogP contribution is -2.06. The smallest absolute Gasteiger partial charge is 0.337 e. The minimum absolute atomic E-state index is 0.171. The van der Waals surface area contributed by atoms with Crippen LogP contribution in [-0.4, -0.2) is 12.6 Å². The van der Waals surface area contributed by atoms with Crippen molar-refractivity contribution in [3.63, 3.8) is 0 Å². The second-order valence-electron chi connectivity index (χ2n) is 3.49. The molecule has 0 aromatic carbocycles. The van der Waals surface area contributed by atoms with Crippen LogP contribution in [0.4, 0.5) is 0 Å². The summed E-state index contributed by atoms with van der Waals surface area (Å²) in [6.45, 7) is 2.73. The van der Waals surface area contributed by atoms with E-state index in [4.69, 9.17) is 4.74 Å². The number of esters is 1. The van der Waals surface area contributed by atoms with Gasteiger partial charge in [-0.25, -0.2) is 4.79 Å². The molecule has 0 bridgehead atoms. The summed E-state index contributed by atoms with van der Waals surface area (Å²) in [7, 11) is 0. The highest BCUT2D eigenvalue weighted by Crippen LogP contribution is 2.10. The molecular formula is C12H18O2. The molecule has 0 aliphatic heterocycles. The molecule has 0 saturated carbocycles. The monoisotopic (exact) mass is 194 g/mol. The third-order valence-electron chi connectivity index (χ3n) is 2.24. The maximum Gasteiger partial charge on any atom is 0.337 e. The lowest BCUT2D eigenvalue weighted by Gasteiger charge is -2.03. The maximum absolute atomic E-state index is 11.3. The van der Waals surface area contributed by atoms with Crippen LogP contribution in [0.3, 0.4) is 0 Å². The fraction of sp³-hybridized carbons (Fsp3) is 0.583. The normalized spacial score (nSPS) is 14.2. The Balaban J connectivity index is 2.06. The predicted molar refractivity (Wildman–Crippen MR) is 56.9 cm³/mol. The van der Waals surface area contributed by atoms with Crippen molar-refractivity contribution in [2.75, 3.05) is 6.61 Å². The van der Waals surface area contributed by atoms with E-state index in [2.05, 4.69) is 6.92 Å². The first-order chi connectivity index (χ1) is 6.84. The van der Waals surface area contributed by atoms with E-state index < -0.39 is 0 Å². The van der Waals surface area contributed by atoms with Crippen molar-refractivity contribution >= 4 is 5.97 Å². The Hall–Kier alpha value is -1.05. The predicted octanol–water partition coefficient (Wildman–Crippen LogP) is 3.00. The molecule has 0 aromatic heterocycles. The Morgan fingerprint density at radius 2 is 2.29 bits per heavy atom. The summed E-state index contributed by atoms with van der Waals surface area (Å²) in [5.41, 5.74) is 0.709. The minimum Gasteiger partial charge on any atom is -0.462 e. The van der Waals surface area contributed by atoms with E-state index in [1.807, 2.05) is 18.2 Å². The van der Waals surface area contributed by atoms with Gasteiger partial charge in [-0.15, -0.1) is 0 Å². The van der Waals surface area contributed by atoms with E-state index in [0.717, 1.165) is 19.3 Å². The number of carbonyl (C=O) groups is 1. The van der Waals surface area contributed by atoms with Crippen molar-refractivity contribution < 1.29 is 9.53 Å². The summed E-state index contributed by atoms with van der Waals surface area (Å²) in [6.07, 6.45) is 11.1. The molecule has 0 saturated heterocycles. The average Bonchev–Trinajstić information content (AvgIpc) is 2.70. The van der Waals surface area contributed by atoms with Crippen LogP contribution in [0, 0.1) is 0 Å². The van der Waals surface area contributed by atoms with Gasteiger partial charge in [-0.05, 0) is 12.8 Å². The van der Waals surface area contributed by atoms with Gasteiger partial charge >= 0.3 is 5.97 Å². The number of allylic oxidation sites excluding steroid dienone is 2. The van der Waals surface area contributed by atoms with E-state index in [0.29, 0.717) is 12.2 Å². The van der Waals surface area contributed by atoms with Gasteiger partial charge in [-0.2, -0.15) is 0 Å². The van der Waals surface area contributed by atoms with Gasteiger partial charge < -0.3 is 4.74 Å². The number of carbonyl (C=O) groups excluding carboxylic acids is 1. The first-order valence-corrected chi connectivity index (χ1v) is 5.38. The first-order valence-electron chi connectivity index (χ1n) is 5.38. The maximum atomic E-state index is 11.3. The molecule has 14 heavy (non-hydrogen) atoms. The molecule has 1 aliphatic rings. The Kier molecular flexibility index (Phi) is 5.05. The van der Waals surface area contributed by atoms with Crippen LogP contribution in [0.2, 0.25) is 0 Å². The molecule has 0 spiro atoms. The van der Waals surface area contributed by atoms with Gasteiger partial charge in [0.2, 0.25) is 0 Å². The van der Waals surface area contributed by atoms with Gasteiger partial charge in [0.15, 0.2) is 0 Å². The highest BCUT2D eigenvalue weighted by Gasteiger charge is 2.09. The van der Waals surface area contributed by atoms with E-state index >= 15 is 0 Å². The third-order valence-corrected chi connectivity index (χ3v) is 2.24. The molecule has 0 N–H and O–H groups in total. The molecule has 2 nitrogen and oxygen atoms in total. The van der Waals surface area contributed by atoms with Crippen LogP contribution in [0.15, 0.2) is 23.8 Å². The van der Waals surface area contributed by atoms with E-state index in [9.17, 15) is 4.79 Å². The van der Waals surface area contributed by atoms with E-state index in [1.54, 1.807) is 0 Å². The topological polar surface area (TPSA) is 26.3 Å². The molecule has 1 rings (SSSR count). The second kappa shape index (κ2) is 6.41. The zero-order valence-corrected chi connectivity index (χ0v) is 8.79. The average molecular weight is 194 g/mol. The lowest BCUT2D eigenvalue weighted by molar-refractivity contribution is -0.138. The van der Waals surface area contributed by atoms with Crippen molar-refractivity contribution in [3.8, 4) is 0 Å². The summed E-state index contributed by atoms with van der Waals surface area (Å²) >= 11 is 0. The third kappa shape index (κ3) is 3.77.